The van der Waals surface area contributed by atoms with Crippen molar-refractivity contribution in [2.75, 3.05) is 4.90 Å². The lowest BCUT2D eigenvalue weighted by atomic mass is 10.2. The predicted octanol–water partition coefficient (Wildman–Crippen LogP) is 6.30. The van der Waals surface area contributed by atoms with Gasteiger partial charge in [0.15, 0.2) is 0 Å². The third kappa shape index (κ3) is 4.25. The highest BCUT2D eigenvalue weighted by Crippen LogP contribution is 2.36. The average Bonchev–Trinajstić information content (AvgIpc) is 3.01. The quantitative estimate of drug-likeness (QED) is 0.438. The molecule has 0 aromatic heterocycles. The Morgan fingerprint density at radius 1 is 1.00 bits per heavy atom. The van der Waals surface area contributed by atoms with Crippen LogP contribution in [0.25, 0.3) is 6.08 Å². The number of nitrogens with zero attached hydrogens (tertiary/aromatic N) is 1. The molecule has 30 heavy (non-hydrogen) atoms. The number of carbonyl (C=O) groups is 2. The molecule has 0 N–H and O–H groups in total. The molecule has 0 aliphatic carbocycles. The summed E-state index contributed by atoms with van der Waals surface area (Å²) in [6, 6.07) is 20.2. The molecule has 3 aromatic rings. The van der Waals surface area contributed by atoms with Crippen molar-refractivity contribution in [3.8, 4) is 5.75 Å². The van der Waals surface area contributed by atoms with Crippen molar-refractivity contribution in [2.45, 2.75) is 6.61 Å². The molecule has 4 nitrogen and oxygen atoms in total. The number of imide groups is 1. The zero-order valence-electron chi connectivity index (χ0n) is 15.5. The Bertz CT molecular complexity index is 1130. The summed E-state index contributed by atoms with van der Waals surface area (Å²) in [5, 5.41) is -0.0558. The molecule has 1 heterocycles. The zero-order chi connectivity index (χ0) is 21.1. The van der Waals surface area contributed by atoms with E-state index in [0.717, 1.165) is 16.7 Å². The van der Waals surface area contributed by atoms with Crippen LogP contribution in [-0.4, -0.2) is 11.1 Å². The van der Waals surface area contributed by atoms with Gasteiger partial charge < -0.3 is 4.74 Å². The second-order valence-electron chi connectivity index (χ2n) is 6.41. The molecule has 0 spiro atoms. The third-order valence-electron chi connectivity index (χ3n) is 4.41. The van der Waals surface area contributed by atoms with Gasteiger partial charge in [-0.2, -0.15) is 0 Å². The van der Waals surface area contributed by atoms with Gasteiger partial charge in [-0.15, -0.1) is 0 Å². The largest absolute Gasteiger partial charge is 0.489 e. The van der Waals surface area contributed by atoms with Crippen molar-refractivity contribution in [1.82, 2.24) is 0 Å². The smallest absolute Gasteiger partial charge is 0.298 e. The molecule has 0 unspecified atom stereocenters. The fourth-order valence-electron chi connectivity index (χ4n) is 2.94. The fourth-order valence-corrected chi connectivity index (χ4v) is 4.00. The van der Waals surface area contributed by atoms with Crippen molar-refractivity contribution in [1.29, 1.82) is 0 Å². The van der Waals surface area contributed by atoms with Crippen LogP contribution in [0.15, 0.2) is 77.7 Å². The van der Waals surface area contributed by atoms with Crippen LogP contribution in [0.1, 0.15) is 11.1 Å². The lowest BCUT2D eigenvalue weighted by Crippen LogP contribution is -2.27. The van der Waals surface area contributed by atoms with Gasteiger partial charge in [-0.3, -0.25) is 9.59 Å². The number of benzene rings is 3. The van der Waals surface area contributed by atoms with Gasteiger partial charge in [0.2, 0.25) is 0 Å². The van der Waals surface area contributed by atoms with E-state index in [2.05, 4.69) is 0 Å². The van der Waals surface area contributed by atoms with Crippen LogP contribution in [0, 0.1) is 5.82 Å². The van der Waals surface area contributed by atoms with Crippen molar-refractivity contribution < 1.29 is 18.7 Å². The summed E-state index contributed by atoms with van der Waals surface area (Å²) < 4.78 is 19.6. The summed E-state index contributed by atoms with van der Waals surface area (Å²) >= 11 is 6.91. The minimum atomic E-state index is -0.437. The van der Waals surface area contributed by atoms with Gasteiger partial charge in [0.25, 0.3) is 11.1 Å². The van der Waals surface area contributed by atoms with Crippen LogP contribution in [0.4, 0.5) is 14.9 Å². The Balaban J connectivity index is 1.52. The topological polar surface area (TPSA) is 46.6 Å². The van der Waals surface area contributed by atoms with Gasteiger partial charge >= 0.3 is 0 Å². The SMILES string of the molecule is O=C1SC(=Cc2cccc(OCc3c(F)cccc3Cl)c2)C(=O)N1c1ccccc1. The van der Waals surface area contributed by atoms with E-state index < -0.39 is 5.82 Å². The Hall–Kier alpha value is -3.09. The molecule has 1 saturated heterocycles. The van der Waals surface area contributed by atoms with Gasteiger partial charge in [0.1, 0.15) is 18.2 Å². The predicted molar refractivity (Wildman–Crippen MR) is 117 cm³/mol. The first kappa shape index (κ1) is 20.2. The molecule has 150 valence electrons. The van der Waals surface area contributed by atoms with Gasteiger partial charge in [-0.1, -0.05) is 48.0 Å². The Kier molecular flexibility index (Phi) is 5.88. The minimum Gasteiger partial charge on any atom is -0.489 e. The lowest BCUT2D eigenvalue weighted by Gasteiger charge is -2.11. The van der Waals surface area contributed by atoms with Crippen molar-refractivity contribution in [3.63, 3.8) is 0 Å². The molecule has 0 atom stereocenters. The number of hydrogen-bond donors (Lipinski definition) is 0. The van der Waals surface area contributed by atoms with Crippen molar-refractivity contribution >= 4 is 46.3 Å². The number of halogens is 2. The van der Waals surface area contributed by atoms with Crippen LogP contribution >= 0.6 is 23.4 Å². The zero-order valence-corrected chi connectivity index (χ0v) is 17.1. The monoisotopic (exact) mass is 439 g/mol. The number of amides is 2. The van der Waals surface area contributed by atoms with Crippen LogP contribution in [0.3, 0.4) is 0 Å². The number of rotatable bonds is 5. The normalized spacial score (nSPS) is 15.1. The van der Waals surface area contributed by atoms with E-state index in [0.29, 0.717) is 26.9 Å². The van der Waals surface area contributed by atoms with Crippen LogP contribution in [-0.2, 0) is 11.4 Å². The first-order valence-corrected chi connectivity index (χ1v) is 10.2. The van der Waals surface area contributed by atoms with E-state index in [1.165, 1.54) is 12.1 Å². The highest BCUT2D eigenvalue weighted by atomic mass is 35.5. The molecule has 4 rings (SSSR count). The average molecular weight is 440 g/mol. The molecule has 0 radical (unpaired) electrons. The highest BCUT2D eigenvalue weighted by Gasteiger charge is 2.36. The number of hydrogen-bond acceptors (Lipinski definition) is 4. The molecular formula is C23H15ClFNO3S. The van der Waals surface area contributed by atoms with Crippen LogP contribution < -0.4 is 9.64 Å². The molecule has 2 amide bonds. The van der Waals surface area contributed by atoms with Crippen molar-refractivity contribution in [2.24, 2.45) is 0 Å². The molecule has 1 aliphatic rings. The second-order valence-corrected chi connectivity index (χ2v) is 7.81. The number of ether oxygens (including phenoxy) is 1. The maximum atomic E-state index is 13.9. The van der Waals surface area contributed by atoms with E-state index in [-0.39, 0.29) is 23.3 Å². The summed E-state index contributed by atoms with van der Waals surface area (Å²) in [5.41, 5.74) is 1.49. The summed E-state index contributed by atoms with van der Waals surface area (Å²) in [5.74, 6) is -0.320. The maximum absolute atomic E-state index is 13.9. The van der Waals surface area contributed by atoms with Gasteiger partial charge in [0.05, 0.1) is 15.6 Å². The van der Waals surface area contributed by atoms with E-state index in [4.69, 9.17) is 16.3 Å². The van der Waals surface area contributed by atoms with Crippen molar-refractivity contribution in [3.05, 3.63) is 99.7 Å². The Morgan fingerprint density at radius 3 is 2.53 bits per heavy atom. The van der Waals surface area contributed by atoms with E-state index >= 15 is 0 Å². The summed E-state index contributed by atoms with van der Waals surface area (Å²) in [6.07, 6.45) is 1.64. The molecule has 3 aromatic carbocycles. The number of carbonyl (C=O) groups excluding carboxylic acids is 2. The molecule has 1 aliphatic heterocycles. The van der Waals surface area contributed by atoms with E-state index in [9.17, 15) is 14.0 Å². The summed E-state index contributed by atoms with van der Waals surface area (Å²) in [6.45, 7) is -0.0283. The van der Waals surface area contributed by atoms with Crippen LogP contribution in [0.5, 0.6) is 5.75 Å². The number of anilines is 1. The summed E-state index contributed by atoms with van der Waals surface area (Å²) in [4.78, 5) is 26.5. The standard InChI is InChI=1S/C23H15ClFNO3S/c24-19-10-5-11-20(25)18(19)14-29-17-9-4-6-15(12-17)13-21-22(27)26(23(28)30-21)16-7-2-1-3-8-16/h1-13H,14H2. The minimum absolute atomic E-state index is 0.0283. The Labute approximate surface area is 181 Å². The summed E-state index contributed by atoms with van der Waals surface area (Å²) in [7, 11) is 0. The van der Waals surface area contributed by atoms with Gasteiger partial charge in [-0.25, -0.2) is 9.29 Å². The maximum Gasteiger partial charge on any atom is 0.298 e. The Morgan fingerprint density at radius 2 is 1.77 bits per heavy atom. The second kappa shape index (κ2) is 8.73. The van der Waals surface area contributed by atoms with E-state index in [1.807, 2.05) is 6.07 Å². The van der Waals surface area contributed by atoms with Gasteiger partial charge in [-0.05, 0) is 59.8 Å². The third-order valence-corrected chi connectivity index (χ3v) is 5.63. The molecule has 1 fully saturated rings. The fraction of sp³-hybridized carbons (Fsp3) is 0.0435. The van der Waals surface area contributed by atoms with Gasteiger partial charge in [0, 0.05) is 5.56 Å². The van der Waals surface area contributed by atoms with Crippen LogP contribution in [0.2, 0.25) is 5.02 Å². The van der Waals surface area contributed by atoms with E-state index in [1.54, 1.807) is 60.7 Å². The first-order valence-electron chi connectivity index (χ1n) is 9.02. The first-order chi connectivity index (χ1) is 14.5. The molecule has 0 bridgehead atoms. The lowest BCUT2D eigenvalue weighted by molar-refractivity contribution is -0.113. The number of para-hydroxylation sites is 1. The molecule has 0 saturated carbocycles. The molecule has 7 heteroatoms. The molecular weight excluding hydrogens is 425 g/mol. The highest BCUT2D eigenvalue weighted by molar-refractivity contribution is 8.19. The number of thioether (sulfide) groups is 1.